The zero-order valence-corrected chi connectivity index (χ0v) is 13.9. The Morgan fingerprint density at radius 2 is 1.73 bits per heavy atom. The summed E-state index contributed by atoms with van der Waals surface area (Å²) in [5.74, 6) is -0.573. The zero-order chi connectivity index (χ0) is 18.3. The fourth-order valence-corrected chi connectivity index (χ4v) is 3.12. The quantitative estimate of drug-likeness (QED) is 0.790. The number of carbonyl (C=O) groups is 2. The molecule has 0 saturated carbocycles. The minimum atomic E-state index is -0.870. The molecule has 4 rings (SSSR count). The van der Waals surface area contributed by atoms with Crippen molar-refractivity contribution in [3.05, 3.63) is 59.9 Å². The lowest BCUT2D eigenvalue weighted by Gasteiger charge is -2.20. The van der Waals surface area contributed by atoms with Gasteiger partial charge in [0.05, 0.1) is 19.3 Å². The number of anilines is 1. The van der Waals surface area contributed by atoms with E-state index in [9.17, 15) is 14.0 Å². The second-order valence-corrected chi connectivity index (χ2v) is 6.03. The number of hydrogen-bond donors (Lipinski definition) is 0. The normalized spacial score (nSPS) is 21.5. The number of fused-ring (bicyclic) bond motifs is 1. The van der Waals surface area contributed by atoms with Crippen molar-refractivity contribution in [3.8, 4) is 5.75 Å². The first-order chi connectivity index (χ1) is 12.6. The molecule has 2 heterocycles. The molecule has 8 heteroatoms. The maximum absolute atomic E-state index is 13.1. The molecule has 0 radical (unpaired) electrons. The molecule has 7 nitrogen and oxygen atoms in total. The predicted molar refractivity (Wildman–Crippen MR) is 89.9 cm³/mol. The molecule has 26 heavy (non-hydrogen) atoms. The fourth-order valence-electron chi connectivity index (χ4n) is 3.12. The Hall–Kier alpha value is -3.29. The van der Waals surface area contributed by atoms with Gasteiger partial charge >= 0.3 is 0 Å². The van der Waals surface area contributed by atoms with Gasteiger partial charge in [-0.2, -0.15) is 5.11 Å². The standard InChI is InChI=1S/C18H15FN4O3/c1-26-14-8-2-11(3-9-14)10-22-16-15(20-21-22)17(24)23(18(16)25)13-6-4-12(19)5-7-13/h2-9,15-16H,10H2,1H3. The number of carbonyl (C=O) groups excluding carboxylic acids is 2. The van der Waals surface area contributed by atoms with Gasteiger partial charge in [-0.05, 0) is 42.0 Å². The number of amides is 2. The molecule has 2 amide bonds. The van der Waals surface area contributed by atoms with Gasteiger partial charge in [-0.1, -0.05) is 17.4 Å². The highest BCUT2D eigenvalue weighted by atomic mass is 19.1. The highest BCUT2D eigenvalue weighted by Gasteiger charge is 2.54. The van der Waals surface area contributed by atoms with Gasteiger partial charge in [-0.25, -0.2) is 9.29 Å². The molecular formula is C18H15FN4O3. The lowest BCUT2D eigenvalue weighted by Crippen LogP contribution is -2.39. The van der Waals surface area contributed by atoms with Crippen LogP contribution < -0.4 is 9.64 Å². The second kappa shape index (κ2) is 6.21. The molecular weight excluding hydrogens is 339 g/mol. The summed E-state index contributed by atoms with van der Waals surface area (Å²) in [6, 6.07) is 10.9. The van der Waals surface area contributed by atoms with E-state index in [0.29, 0.717) is 12.2 Å². The third-order valence-corrected chi connectivity index (χ3v) is 4.45. The lowest BCUT2D eigenvalue weighted by atomic mass is 10.1. The number of halogens is 1. The van der Waals surface area contributed by atoms with Crippen LogP contribution in [-0.2, 0) is 16.1 Å². The van der Waals surface area contributed by atoms with Gasteiger partial charge in [0.15, 0.2) is 12.1 Å². The number of methoxy groups -OCH3 is 1. The molecule has 2 aromatic rings. The molecule has 2 aromatic carbocycles. The largest absolute Gasteiger partial charge is 0.497 e. The molecule has 0 aromatic heterocycles. The molecule has 2 unspecified atom stereocenters. The highest BCUT2D eigenvalue weighted by Crippen LogP contribution is 2.32. The third kappa shape index (κ3) is 2.59. The minimum absolute atomic E-state index is 0.329. The molecule has 1 saturated heterocycles. The van der Waals surface area contributed by atoms with Gasteiger partial charge in [0.25, 0.3) is 11.8 Å². The SMILES string of the molecule is COc1ccc(CN2N=NC3C(=O)N(c4ccc(F)cc4)C(=O)C32)cc1. The van der Waals surface area contributed by atoms with E-state index in [1.54, 1.807) is 7.11 Å². The molecule has 0 aliphatic carbocycles. The summed E-state index contributed by atoms with van der Waals surface area (Å²) in [6.45, 7) is 0.338. The van der Waals surface area contributed by atoms with Crippen LogP contribution in [0.25, 0.3) is 0 Å². The van der Waals surface area contributed by atoms with E-state index in [2.05, 4.69) is 10.3 Å². The van der Waals surface area contributed by atoms with Crippen LogP contribution in [-0.4, -0.2) is 36.0 Å². The molecule has 0 spiro atoms. The average molecular weight is 354 g/mol. The van der Waals surface area contributed by atoms with Crippen LogP contribution in [0.5, 0.6) is 5.75 Å². The van der Waals surface area contributed by atoms with Crippen molar-refractivity contribution in [3.63, 3.8) is 0 Å². The summed E-state index contributed by atoms with van der Waals surface area (Å²) in [5, 5.41) is 9.48. The van der Waals surface area contributed by atoms with Gasteiger partial charge in [0.2, 0.25) is 0 Å². The van der Waals surface area contributed by atoms with Crippen molar-refractivity contribution in [2.24, 2.45) is 10.3 Å². The Kier molecular flexibility index (Phi) is 3.87. The minimum Gasteiger partial charge on any atom is -0.497 e. The monoisotopic (exact) mass is 354 g/mol. The van der Waals surface area contributed by atoms with Crippen LogP contribution in [0.3, 0.4) is 0 Å². The molecule has 1 fully saturated rings. The van der Waals surface area contributed by atoms with Crippen LogP contribution >= 0.6 is 0 Å². The second-order valence-electron chi connectivity index (χ2n) is 6.03. The summed E-state index contributed by atoms with van der Waals surface area (Å²) in [7, 11) is 1.58. The molecule has 0 N–H and O–H groups in total. The Labute approximate surface area is 148 Å². The summed E-state index contributed by atoms with van der Waals surface area (Å²) in [5.41, 5.74) is 1.24. The smallest absolute Gasteiger partial charge is 0.263 e. The van der Waals surface area contributed by atoms with Gasteiger partial charge in [-0.15, -0.1) is 0 Å². The number of benzene rings is 2. The van der Waals surface area contributed by atoms with Crippen LogP contribution in [0.2, 0.25) is 0 Å². The van der Waals surface area contributed by atoms with Crippen molar-refractivity contribution < 1.29 is 18.7 Å². The number of rotatable bonds is 4. The van der Waals surface area contributed by atoms with Crippen molar-refractivity contribution in [2.45, 2.75) is 18.6 Å². The van der Waals surface area contributed by atoms with E-state index < -0.39 is 29.7 Å². The van der Waals surface area contributed by atoms with E-state index in [1.807, 2.05) is 24.3 Å². The third-order valence-electron chi connectivity index (χ3n) is 4.45. The topological polar surface area (TPSA) is 74.6 Å². The van der Waals surface area contributed by atoms with E-state index in [4.69, 9.17) is 4.74 Å². The average Bonchev–Trinajstić information content (AvgIpc) is 3.17. The number of hydrogen-bond acceptors (Lipinski definition) is 6. The van der Waals surface area contributed by atoms with E-state index in [1.165, 1.54) is 29.3 Å². The van der Waals surface area contributed by atoms with Crippen molar-refractivity contribution in [2.75, 3.05) is 12.0 Å². The van der Waals surface area contributed by atoms with Gasteiger partial charge in [0, 0.05) is 0 Å². The Bertz CT molecular complexity index is 882. The van der Waals surface area contributed by atoms with Crippen molar-refractivity contribution >= 4 is 17.5 Å². The predicted octanol–water partition coefficient (Wildman–Crippen LogP) is 2.33. The number of nitrogens with zero attached hydrogens (tertiary/aromatic N) is 4. The zero-order valence-electron chi connectivity index (χ0n) is 13.9. The van der Waals surface area contributed by atoms with Gasteiger partial charge in [0.1, 0.15) is 11.6 Å². The Balaban J connectivity index is 1.56. The summed E-state index contributed by atoms with van der Waals surface area (Å²) in [4.78, 5) is 26.4. The lowest BCUT2D eigenvalue weighted by molar-refractivity contribution is -0.123. The van der Waals surface area contributed by atoms with Crippen LogP contribution in [0.4, 0.5) is 10.1 Å². The van der Waals surface area contributed by atoms with Crippen LogP contribution in [0, 0.1) is 5.82 Å². The summed E-state index contributed by atoms with van der Waals surface area (Å²) in [6.07, 6.45) is 0. The molecule has 132 valence electrons. The van der Waals surface area contributed by atoms with Crippen LogP contribution in [0.15, 0.2) is 58.9 Å². The van der Waals surface area contributed by atoms with E-state index in [0.717, 1.165) is 16.2 Å². The highest BCUT2D eigenvalue weighted by molar-refractivity contribution is 6.25. The van der Waals surface area contributed by atoms with Gasteiger partial charge in [-0.3, -0.25) is 14.6 Å². The molecule has 2 atom stereocenters. The van der Waals surface area contributed by atoms with Gasteiger partial charge < -0.3 is 4.74 Å². The Morgan fingerprint density at radius 1 is 1.04 bits per heavy atom. The number of ether oxygens (including phenoxy) is 1. The van der Waals surface area contributed by atoms with E-state index >= 15 is 0 Å². The molecule has 2 aliphatic heterocycles. The Morgan fingerprint density at radius 3 is 2.38 bits per heavy atom. The first kappa shape index (κ1) is 16.2. The van der Waals surface area contributed by atoms with E-state index in [-0.39, 0.29) is 0 Å². The first-order valence-corrected chi connectivity index (χ1v) is 8.02. The molecule has 0 bridgehead atoms. The van der Waals surface area contributed by atoms with Crippen molar-refractivity contribution in [1.82, 2.24) is 5.01 Å². The van der Waals surface area contributed by atoms with Crippen molar-refractivity contribution in [1.29, 1.82) is 0 Å². The van der Waals surface area contributed by atoms with Crippen LogP contribution in [0.1, 0.15) is 5.56 Å². The summed E-state index contributed by atoms with van der Waals surface area (Å²) >= 11 is 0. The number of imide groups is 1. The maximum Gasteiger partial charge on any atom is 0.263 e. The fraction of sp³-hybridized carbons (Fsp3) is 0.222. The molecule has 2 aliphatic rings. The summed E-state index contributed by atoms with van der Waals surface area (Å²) < 4.78 is 18.2. The first-order valence-electron chi connectivity index (χ1n) is 8.02. The maximum atomic E-state index is 13.1.